The molecular weight excluding hydrogens is 272 g/mol. The Bertz CT molecular complexity index is 726. The van der Waals surface area contributed by atoms with Gasteiger partial charge in [0.25, 0.3) is 5.95 Å². The normalized spacial score (nSPS) is 10.4. The van der Waals surface area contributed by atoms with E-state index in [0.717, 1.165) is 5.56 Å². The van der Waals surface area contributed by atoms with Gasteiger partial charge in [0.1, 0.15) is 18.4 Å². The Hall–Kier alpha value is -3.07. The van der Waals surface area contributed by atoms with E-state index in [0.29, 0.717) is 5.75 Å². The minimum atomic E-state index is 0.104. The highest BCUT2D eigenvalue weighted by Gasteiger charge is 2.10. The number of nitrogens with zero attached hydrogens (tertiary/aromatic N) is 6. The van der Waals surface area contributed by atoms with Crippen molar-refractivity contribution in [3.05, 3.63) is 42.5 Å². The summed E-state index contributed by atoms with van der Waals surface area (Å²) >= 11 is 0. The molecule has 0 aliphatic carbocycles. The Morgan fingerprint density at radius 2 is 1.95 bits per heavy atom. The Balaban J connectivity index is 1.94. The van der Waals surface area contributed by atoms with E-state index in [2.05, 4.69) is 30.5 Å². The van der Waals surface area contributed by atoms with Crippen molar-refractivity contribution in [2.24, 2.45) is 5.84 Å². The zero-order chi connectivity index (χ0) is 14.7. The summed E-state index contributed by atoms with van der Waals surface area (Å²) < 4.78 is 6.97. The van der Waals surface area contributed by atoms with Gasteiger partial charge in [-0.2, -0.15) is 24.7 Å². The average Bonchev–Trinajstić information content (AvgIpc) is 3.04. The first-order valence-corrected chi connectivity index (χ1v) is 6.07. The Morgan fingerprint density at radius 3 is 2.62 bits per heavy atom. The molecule has 2 heterocycles. The molecule has 9 heteroatoms. The molecule has 0 amide bonds. The summed E-state index contributed by atoms with van der Waals surface area (Å²) in [6.07, 6.45) is 2.84. The Labute approximate surface area is 119 Å². The van der Waals surface area contributed by atoms with E-state index in [1.165, 1.54) is 17.3 Å². The standard InChI is InChI=1S/C12H12N8O/c1-8-2-4-9(5-3-8)21-12-17-10(19-13)16-11(18-12)20-7-14-6-15-20/h2-7H,13H2,1H3,(H,16,17,18,19). The van der Waals surface area contributed by atoms with E-state index in [1.54, 1.807) is 0 Å². The summed E-state index contributed by atoms with van der Waals surface area (Å²) in [4.78, 5) is 16.1. The van der Waals surface area contributed by atoms with Crippen LogP contribution in [0, 0.1) is 6.92 Å². The summed E-state index contributed by atoms with van der Waals surface area (Å²) in [5, 5.41) is 3.95. The van der Waals surface area contributed by atoms with Gasteiger partial charge in [0.2, 0.25) is 5.95 Å². The van der Waals surface area contributed by atoms with E-state index in [1.807, 2.05) is 31.2 Å². The maximum atomic E-state index is 5.60. The van der Waals surface area contributed by atoms with Crippen LogP contribution in [0.1, 0.15) is 5.56 Å². The first-order chi connectivity index (χ1) is 10.2. The van der Waals surface area contributed by atoms with Crippen molar-refractivity contribution >= 4 is 5.95 Å². The molecule has 3 rings (SSSR count). The van der Waals surface area contributed by atoms with Crippen molar-refractivity contribution in [2.45, 2.75) is 6.92 Å². The van der Waals surface area contributed by atoms with E-state index in [9.17, 15) is 0 Å². The molecule has 0 radical (unpaired) electrons. The molecular formula is C12H12N8O. The fourth-order valence-corrected chi connectivity index (χ4v) is 1.58. The third-order valence-electron chi connectivity index (χ3n) is 2.59. The van der Waals surface area contributed by atoms with Gasteiger partial charge in [-0.3, -0.25) is 5.43 Å². The second kappa shape index (κ2) is 5.51. The average molecular weight is 284 g/mol. The van der Waals surface area contributed by atoms with Crippen molar-refractivity contribution in [3.8, 4) is 17.7 Å². The third kappa shape index (κ3) is 2.92. The van der Waals surface area contributed by atoms with E-state index >= 15 is 0 Å². The zero-order valence-corrected chi connectivity index (χ0v) is 11.1. The van der Waals surface area contributed by atoms with Gasteiger partial charge in [-0.25, -0.2) is 10.8 Å². The Morgan fingerprint density at radius 1 is 1.14 bits per heavy atom. The monoisotopic (exact) mass is 284 g/mol. The maximum absolute atomic E-state index is 5.60. The number of ether oxygens (including phenoxy) is 1. The molecule has 1 aromatic carbocycles. The summed E-state index contributed by atoms with van der Waals surface area (Å²) in [6.45, 7) is 1.99. The molecule has 0 spiro atoms. The maximum Gasteiger partial charge on any atom is 0.328 e. The lowest BCUT2D eigenvalue weighted by Crippen LogP contribution is -2.14. The number of aromatic nitrogens is 6. The van der Waals surface area contributed by atoms with Crippen LogP contribution < -0.4 is 16.0 Å². The first kappa shape index (κ1) is 12.9. The van der Waals surface area contributed by atoms with Crippen LogP contribution >= 0.6 is 0 Å². The summed E-state index contributed by atoms with van der Waals surface area (Å²) in [7, 11) is 0. The van der Waals surface area contributed by atoms with Gasteiger partial charge in [0.05, 0.1) is 0 Å². The van der Waals surface area contributed by atoms with Gasteiger partial charge < -0.3 is 4.74 Å². The molecule has 0 saturated heterocycles. The van der Waals surface area contributed by atoms with Crippen LogP contribution in [0.25, 0.3) is 5.95 Å². The van der Waals surface area contributed by atoms with Gasteiger partial charge in [-0.1, -0.05) is 17.7 Å². The molecule has 2 aromatic heterocycles. The van der Waals surface area contributed by atoms with Crippen molar-refractivity contribution in [2.75, 3.05) is 5.43 Å². The summed E-state index contributed by atoms with van der Waals surface area (Å²) in [5.74, 6) is 6.37. The van der Waals surface area contributed by atoms with Crippen LogP contribution in [0.2, 0.25) is 0 Å². The topological polar surface area (TPSA) is 117 Å². The number of hydrogen-bond acceptors (Lipinski definition) is 8. The fraction of sp³-hybridized carbons (Fsp3) is 0.0833. The molecule has 0 aliphatic rings. The third-order valence-corrected chi connectivity index (χ3v) is 2.59. The number of nitrogens with two attached hydrogens (primary N) is 1. The first-order valence-electron chi connectivity index (χ1n) is 6.07. The molecule has 3 aromatic rings. The molecule has 3 N–H and O–H groups in total. The summed E-state index contributed by atoms with van der Waals surface area (Å²) in [6, 6.07) is 7.61. The predicted octanol–water partition coefficient (Wildman–Crippen LogP) is 0.839. The van der Waals surface area contributed by atoms with Gasteiger partial charge in [-0.05, 0) is 19.1 Å². The van der Waals surface area contributed by atoms with Gasteiger partial charge in [-0.15, -0.1) is 0 Å². The van der Waals surface area contributed by atoms with Crippen LogP contribution in [0.5, 0.6) is 11.8 Å². The van der Waals surface area contributed by atoms with E-state index in [-0.39, 0.29) is 17.9 Å². The number of rotatable bonds is 4. The van der Waals surface area contributed by atoms with Crippen molar-refractivity contribution in [1.29, 1.82) is 0 Å². The molecule has 0 fully saturated rings. The van der Waals surface area contributed by atoms with Gasteiger partial charge in [0, 0.05) is 0 Å². The molecule has 21 heavy (non-hydrogen) atoms. The molecule has 0 atom stereocenters. The van der Waals surface area contributed by atoms with Crippen LogP contribution in [-0.4, -0.2) is 29.7 Å². The number of aryl methyl sites for hydroxylation is 1. The number of hydrazine groups is 1. The highest BCUT2D eigenvalue weighted by Crippen LogP contribution is 2.19. The highest BCUT2D eigenvalue weighted by atomic mass is 16.5. The second-order valence-corrected chi connectivity index (χ2v) is 4.14. The minimum Gasteiger partial charge on any atom is -0.424 e. The quantitative estimate of drug-likeness (QED) is 0.534. The van der Waals surface area contributed by atoms with E-state index < -0.39 is 0 Å². The Kier molecular flexibility index (Phi) is 3.39. The largest absolute Gasteiger partial charge is 0.424 e. The summed E-state index contributed by atoms with van der Waals surface area (Å²) in [5.41, 5.74) is 3.49. The molecule has 106 valence electrons. The zero-order valence-electron chi connectivity index (χ0n) is 11.1. The minimum absolute atomic E-state index is 0.104. The van der Waals surface area contributed by atoms with Gasteiger partial charge in [0.15, 0.2) is 0 Å². The number of benzene rings is 1. The molecule has 0 unspecified atom stereocenters. The fourth-order valence-electron chi connectivity index (χ4n) is 1.58. The van der Waals surface area contributed by atoms with Crippen LogP contribution in [-0.2, 0) is 0 Å². The van der Waals surface area contributed by atoms with Crippen LogP contribution in [0.3, 0.4) is 0 Å². The lowest BCUT2D eigenvalue weighted by molar-refractivity contribution is 0.438. The van der Waals surface area contributed by atoms with Crippen LogP contribution in [0.4, 0.5) is 5.95 Å². The second-order valence-electron chi connectivity index (χ2n) is 4.14. The number of hydrogen-bond donors (Lipinski definition) is 2. The molecule has 0 aliphatic heterocycles. The molecule has 9 nitrogen and oxygen atoms in total. The van der Waals surface area contributed by atoms with Crippen molar-refractivity contribution < 1.29 is 4.74 Å². The highest BCUT2D eigenvalue weighted by molar-refractivity contribution is 5.32. The molecule has 0 bridgehead atoms. The van der Waals surface area contributed by atoms with Crippen molar-refractivity contribution in [1.82, 2.24) is 29.7 Å². The van der Waals surface area contributed by atoms with Crippen molar-refractivity contribution in [3.63, 3.8) is 0 Å². The number of nitrogens with one attached hydrogen (secondary N) is 1. The van der Waals surface area contributed by atoms with E-state index in [4.69, 9.17) is 10.6 Å². The van der Waals surface area contributed by atoms with Crippen LogP contribution in [0.15, 0.2) is 36.9 Å². The number of nitrogen functional groups attached to an aromatic ring is 1. The lowest BCUT2D eigenvalue weighted by atomic mass is 10.2. The smallest absolute Gasteiger partial charge is 0.328 e. The predicted molar refractivity (Wildman–Crippen MR) is 73.8 cm³/mol. The lowest BCUT2D eigenvalue weighted by Gasteiger charge is -2.07. The SMILES string of the molecule is Cc1ccc(Oc2nc(NN)nc(-n3cncn3)n2)cc1. The molecule has 0 saturated carbocycles. The van der Waals surface area contributed by atoms with Gasteiger partial charge >= 0.3 is 6.01 Å². The number of anilines is 1.